The molecule has 0 saturated carbocycles. The van der Waals surface area contributed by atoms with Gasteiger partial charge in [0.15, 0.2) is 0 Å². The first kappa shape index (κ1) is 16.0. The van der Waals surface area contributed by atoms with Crippen LogP contribution in [0.5, 0.6) is 0 Å². The SMILES string of the molecule is COCCNc1cc(C(=O)NCc2ccc(C)cc2)ccn1. The molecule has 0 saturated heterocycles. The molecule has 2 N–H and O–H groups in total. The van der Waals surface area contributed by atoms with E-state index in [1.807, 2.05) is 31.2 Å². The molecule has 116 valence electrons. The van der Waals surface area contributed by atoms with Gasteiger partial charge in [-0.05, 0) is 24.6 Å². The van der Waals surface area contributed by atoms with Crippen molar-refractivity contribution in [3.8, 4) is 0 Å². The number of methoxy groups -OCH3 is 1. The van der Waals surface area contributed by atoms with E-state index in [-0.39, 0.29) is 5.91 Å². The van der Waals surface area contributed by atoms with Crippen LogP contribution in [0, 0.1) is 6.92 Å². The van der Waals surface area contributed by atoms with E-state index in [2.05, 4.69) is 15.6 Å². The molecular weight excluding hydrogens is 278 g/mol. The molecule has 0 aliphatic rings. The van der Waals surface area contributed by atoms with Crippen molar-refractivity contribution in [3.05, 3.63) is 59.3 Å². The van der Waals surface area contributed by atoms with Crippen LogP contribution in [0.2, 0.25) is 0 Å². The molecule has 1 aromatic heterocycles. The first-order chi connectivity index (χ1) is 10.7. The lowest BCUT2D eigenvalue weighted by atomic mass is 10.1. The lowest BCUT2D eigenvalue weighted by molar-refractivity contribution is 0.0951. The number of ether oxygens (including phenoxy) is 1. The molecule has 0 radical (unpaired) electrons. The standard InChI is InChI=1S/C17H21N3O2/c1-13-3-5-14(6-4-13)12-20-17(21)15-7-8-18-16(11-15)19-9-10-22-2/h3-8,11H,9-10,12H2,1-2H3,(H,18,19)(H,20,21). The van der Waals surface area contributed by atoms with Gasteiger partial charge in [-0.2, -0.15) is 0 Å². The van der Waals surface area contributed by atoms with Crippen LogP contribution in [-0.4, -0.2) is 31.2 Å². The first-order valence-corrected chi connectivity index (χ1v) is 7.21. The normalized spacial score (nSPS) is 10.3. The summed E-state index contributed by atoms with van der Waals surface area (Å²) in [5, 5.41) is 6.01. The molecule has 5 nitrogen and oxygen atoms in total. The highest BCUT2D eigenvalue weighted by atomic mass is 16.5. The predicted molar refractivity (Wildman–Crippen MR) is 87.0 cm³/mol. The molecule has 1 aromatic carbocycles. The van der Waals surface area contributed by atoms with Crippen LogP contribution < -0.4 is 10.6 Å². The number of amides is 1. The van der Waals surface area contributed by atoms with E-state index in [0.717, 1.165) is 5.56 Å². The highest BCUT2D eigenvalue weighted by Crippen LogP contribution is 2.07. The van der Waals surface area contributed by atoms with E-state index in [1.165, 1.54) is 5.56 Å². The van der Waals surface area contributed by atoms with Gasteiger partial charge in [0.25, 0.3) is 5.91 Å². The van der Waals surface area contributed by atoms with Crippen molar-refractivity contribution in [2.24, 2.45) is 0 Å². The summed E-state index contributed by atoms with van der Waals surface area (Å²) in [6.07, 6.45) is 1.62. The number of hydrogen-bond acceptors (Lipinski definition) is 4. The quantitative estimate of drug-likeness (QED) is 0.771. The van der Waals surface area contributed by atoms with Gasteiger partial charge in [0, 0.05) is 32.0 Å². The minimum absolute atomic E-state index is 0.113. The summed E-state index contributed by atoms with van der Waals surface area (Å²) in [4.78, 5) is 16.4. The molecular formula is C17H21N3O2. The Kier molecular flexibility index (Phi) is 5.91. The molecule has 0 spiro atoms. The molecule has 0 fully saturated rings. The lowest BCUT2D eigenvalue weighted by Gasteiger charge is -2.08. The third kappa shape index (κ3) is 4.86. The van der Waals surface area contributed by atoms with E-state index >= 15 is 0 Å². The smallest absolute Gasteiger partial charge is 0.251 e. The van der Waals surface area contributed by atoms with Crippen molar-refractivity contribution in [1.82, 2.24) is 10.3 Å². The fraction of sp³-hybridized carbons (Fsp3) is 0.294. The van der Waals surface area contributed by atoms with Crippen molar-refractivity contribution in [2.45, 2.75) is 13.5 Å². The second-order valence-corrected chi connectivity index (χ2v) is 5.02. The van der Waals surface area contributed by atoms with Crippen molar-refractivity contribution in [2.75, 3.05) is 25.6 Å². The zero-order valence-corrected chi connectivity index (χ0v) is 12.9. The van der Waals surface area contributed by atoms with E-state index in [9.17, 15) is 4.79 Å². The zero-order chi connectivity index (χ0) is 15.8. The van der Waals surface area contributed by atoms with Gasteiger partial charge in [-0.3, -0.25) is 4.79 Å². The molecule has 0 atom stereocenters. The third-order valence-electron chi connectivity index (χ3n) is 3.21. The zero-order valence-electron chi connectivity index (χ0n) is 12.9. The minimum atomic E-state index is -0.113. The van der Waals surface area contributed by atoms with Gasteiger partial charge in [0.1, 0.15) is 5.82 Å². The van der Waals surface area contributed by atoms with Gasteiger partial charge >= 0.3 is 0 Å². The monoisotopic (exact) mass is 299 g/mol. The average Bonchev–Trinajstić information content (AvgIpc) is 2.54. The topological polar surface area (TPSA) is 63.2 Å². The fourth-order valence-electron chi connectivity index (χ4n) is 1.94. The number of anilines is 1. The van der Waals surface area contributed by atoms with Crippen LogP contribution in [0.1, 0.15) is 21.5 Å². The maximum absolute atomic E-state index is 12.2. The average molecular weight is 299 g/mol. The number of carbonyl (C=O) groups is 1. The summed E-state index contributed by atoms with van der Waals surface area (Å²) in [5.74, 6) is 0.554. The Morgan fingerprint density at radius 2 is 2.00 bits per heavy atom. The predicted octanol–water partition coefficient (Wildman–Crippen LogP) is 2.38. The van der Waals surface area contributed by atoms with E-state index < -0.39 is 0 Å². The number of nitrogens with one attached hydrogen (secondary N) is 2. The van der Waals surface area contributed by atoms with Crippen LogP contribution in [0.15, 0.2) is 42.6 Å². The summed E-state index contributed by atoms with van der Waals surface area (Å²) < 4.78 is 4.97. The van der Waals surface area contributed by atoms with E-state index in [1.54, 1.807) is 25.4 Å². The number of pyridine rings is 1. The van der Waals surface area contributed by atoms with Gasteiger partial charge in [-0.15, -0.1) is 0 Å². The molecule has 22 heavy (non-hydrogen) atoms. The molecule has 2 aromatic rings. The number of hydrogen-bond donors (Lipinski definition) is 2. The number of aromatic nitrogens is 1. The van der Waals surface area contributed by atoms with Gasteiger partial charge in [-0.25, -0.2) is 4.98 Å². The first-order valence-electron chi connectivity index (χ1n) is 7.21. The Bertz CT molecular complexity index is 612. The van der Waals surface area contributed by atoms with Gasteiger partial charge in [0.2, 0.25) is 0 Å². The Morgan fingerprint density at radius 3 is 2.73 bits per heavy atom. The Morgan fingerprint density at radius 1 is 1.23 bits per heavy atom. The molecule has 5 heteroatoms. The molecule has 2 rings (SSSR count). The maximum atomic E-state index is 12.2. The fourth-order valence-corrected chi connectivity index (χ4v) is 1.94. The maximum Gasteiger partial charge on any atom is 0.251 e. The Balaban J connectivity index is 1.91. The van der Waals surface area contributed by atoms with Crippen molar-refractivity contribution in [1.29, 1.82) is 0 Å². The number of benzene rings is 1. The number of aryl methyl sites for hydroxylation is 1. The van der Waals surface area contributed by atoms with Crippen LogP contribution in [0.25, 0.3) is 0 Å². The van der Waals surface area contributed by atoms with Gasteiger partial charge in [-0.1, -0.05) is 29.8 Å². The minimum Gasteiger partial charge on any atom is -0.383 e. The summed E-state index contributed by atoms with van der Waals surface area (Å²) >= 11 is 0. The van der Waals surface area contributed by atoms with E-state index in [4.69, 9.17) is 4.74 Å². The van der Waals surface area contributed by atoms with Crippen molar-refractivity contribution >= 4 is 11.7 Å². The largest absolute Gasteiger partial charge is 0.383 e. The number of rotatable bonds is 7. The summed E-state index contributed by atoms with van der Waals surface area (Å²) in [6.45, 7) is 3.79. The molecule has 0 unspecified atom stereocenters. The number of nitrogens with zero attached hydrogens (tertiary/aromatic N) is 1. The van der Waals surface area contributed by atoms with Gasteiger partial charge < -0.3 is 15.4 Å². The summed E-state index contributed by atoms with van der Waals surface area (Å²) in [5.41, 5.74) is 2.87. The van der Waals surface area contributed by atoms with Crippen LogP contribution in [-0.2, 0) is 11.3 Å². The summed E-state index contributed by atoms with van der Waals surface area (Å²) in [6, 6.07) is 11.5. The third-order valence-corrected chi connectivity index (χ3v) is 3.21. The molecule has 0 bridgehead atoms. The van der Waals surface area contributed by atoms with Crippen molar-refractivity contribution in [3.63, 3.8) is 0 Å². The highest BCUT2D eigenvalue weighted by Gasteiger charge is 2.06. The molecule has 1 amide bonds. The second-order valence-electron chi connectivity index (χ2n) is 5.02. The molecule has 0 aliphatic carbocycles. The van der Waals surface area contributed by atoms with Crippen LogP contribution in [0.3, 0.4) is 0 Å². The molecule has 0 aliphatic heterocycles. The lowest BCUT2D eigenvalue weighted by Crippen LogP contribution is -2.23. The second kappa shape index (κ2) is 8.14. The highest BCUT2D eigenvalue weighted by molar-refractivity contribution is 5.94. The van der Waals surface area contributed by atoms with E-state index in [0.29, 0.717) is 31.1 Å². The van der Waals surface area contributed by atoms with Gasteiger partial charge in [0.05, 0.1) is 6.61 Å². The molecule has 1 heterocycles. The Hall–Kier alpha value is -2.40. The van der Waals surface area contributed by atoms with Crippen LogP contribution in [0.4, 0.5) is 5.82 Å². The Labute approximate surface area is 130 Å². The van der Waals surface area contributed by atoms with Crippen molar-refractivity contribution < 1.29 is 9.53 Å². The summed E-state index contributed by atoms with van der Waals surface area (Å²) in [7, 11) is 1.64. The number of carbonyl (C=O) groups excluding carboxylic acids is 1. The van der Waals surface area contributed by atoms with Crippen LogP contribution >= 0.6 is 0 Å².